The molecule has 2 amide bonds. The van der Waals surface area contributed by atoms with Gasteiger partial charge in [-0.1, -0.05) is 0 Å². The van der Waals surface area contributed by atoms with E-state index in [-0.39, 0.29) is 24.0 Å². The van der Waals surface area contributed by atoms with E-state index in [9.17, 15) is 9.59 Å². The summed E-state index contributed by atoms with van der Waals surface area (Å²) in [6, 6.07) is 0.108. The van der Waals surface area contributed by atoms with E-state index in [2.05, 4.69) is 10.6 Å². The molecule has 0 aromatic rings. The lowest BCUT2D eigenvalue weighted by atomic mass is 10.2. The van der Waals surface area contributed by atoms with Crippen LogP contribution in [-0.4, -0.2) is 61.6 Å². The summed E-state index contributed by atoms with van der Waals surface area (Å²) in [4.78, 5) is 24.8. The maximum absolute atomic E-state index is 12.1. The van der Waals surface area contributed by atoms with Gasteiger partial charge in [-0.15, -0.1) is 0 Å². The average Bonchev–Trinajstić information content (AvgIpc) is 2.78. The van der Waals surface area contributed by atoms with Gasteiger partial charge in [0.05, 0.1) is 19.1 Å². The van der Waals surface area contributed by atoms with Crippen LogP contribution >= 0.6 is 0 Å². The van der Waals surface area contributed by atoms with Crippen molar-refractivity contribution in [2.75, 3.05) is 32.8 Å². The Bertz CT molecular complexity index is 316. The van der Waals surface area contributed by atoms with Gasteiger partial charge < -0.3 is 20.3 Å². The number of rotatable bonds is 3. The summed E-state index contributed by atoms with van der Waals surface area (Å²) < 4.78 is 5.52. The fourth-order valence-corrected chi connectivity index (χ4v) is 2.47. The van der Waals surface area contributed by atoms with E-state index in [1.165, 1.54) is 6.92 Å². The molecule has 0 bridgehead atoms. The van der Waals surface area contributed by atoms with Gasteiger partial charge in [-0.3, -0.25) is 9.59 Å². The highest BCUT2D eigenvalue weighted by atomic mass is 16.5. The maximum atomic E-state index is 12.1. The molecule has 0 aromatic carbocycles. The molecule has 2 aliphatic heterocycles. The number of amides is 2. The Labute approximate surface area is 107 Å². The molecule has 0 saturated carbocycles. The lowest BCUT2D eigenvalue weighted by Crippen LogP contribution is -2.43. The topological polar surface area (TPSA) is 70.7 Å². The third-order valence-corrected chi connectivity index (χ3v) is 3.36. The molecular weight excluding hydrogens is 234 g/mol. The average molecular weight is 255 g/mol. The first-order chi connectivity index (χ1) is 8.65. The van der Waals surface area contributed by atoms with Crippen LogP contribution in [0, 0.1) is 0 Å². The zero-order valence-electron chi connectivity index (χ0n) is 10.8. The second kappa shape index (κ2) is 6.15. The van der Waals surface area contributed by atoms with Crippen molar-refractivity contribution in [2.24, 2.45) is 0 Å². The Morgan fingerprint density at radius 2 is 2.33 bits per heavy atom. The van der Waals surface area contributed by atoms with E-state index in [1.54, 1.807) is 0 Å². The summed E-state index contributed by atoms with van der Waals surface area (Å²) in [6.07, 6.45) is 1.26. The minimum atomic E-state index is -0.0332. The van der Waals surface area contributed by atoms with E-state index in [0.29, 0.717) is 19.6 Å². The number of hydrogen-bond acceptors (Lipinski definition) is 4. The van der Waals surface area contributed by atoms with Crippen LogP contribution in [0.2, 0.25) is 0 Å². The van der Waals surface area contributed by atoms with E-state index < -0.39 is 0 Å². The fraction of sp³-hybridized carbons (Fsp3) is 0.833. The molecule has 2 atom stereocenters. The van der Waals surface area contributed by atoms with Gasteiger partial charge in [0, 0.05) is 39.1 Å². The minimum Gasteiger partial charge on any atom is -0.375 e. The van der Waals surface area contributed by atoms with Gasteiger partial charge in [0.1, 0.15) is 0 Å². The van der Waals surface area contributed by atoms with Gasteiger partial charge in [0.25, 0.3) is 0 Å². The van der Waals surface area contributed by atoms with Crippen LogP contribution in [-0.2, 0) is 14.3 Å². The Kier molecular flexibility index (Phi) is 4.54. The number of hydrogen-bond donors (Lipinski definition) is 2. The summed E-state index contributed by atoms with van der Waals surface area (Å²) in [6.45, 7) is 5.13. The zero-order valence-corrected chi connectivity index (χ0v) is 10.8. The van der Waals surface area contributed by atoms with Crippen LogP contribution in [0.3, 0.4) is 0 Å². The summed E-state index contributed by atoms with van der Waals surface area (Å²) in [5.41, 5.74) is 0. The molecule has 2 unspecified atom stereocenters. The number of nitrogens with zero attached hydrogens (tertiary/aromatic N) is 1. The number of carbonyl (C=O) groups is 2. The Balaban J connectivity index is 1.74. The molecule has 2 aliphatic rings. The second-order valence-corrected chi connectivity index (χ2v) is 4.93. The molecular formula is C12H21N3O3. The molecule has 0 spiro atoms. The minimum absolute atomic E-state index is 0.00827. The van der Waals surface area contributed by atoms with Gasteiger partial charge in [0.2, 0.25) is 11.8 Å². The van der Waals surface area contributed by atoms with Crippen LogP contribution < -0.4 is 10.6 Å². The third kappa shape index (κ3) is 3.68. The van der Waals surface area contributed by atoms with Crippen molar-refractivity contribution >= 4 is 11.8 Å². The largest absolute Gasteiger partial charge is 0.375 e. The van der Waals surface area contributed by atoms with Crippen molar-refractivity contribution in [1.29, 1.82) is 0 Å². The monoisotopic (exact) mass is 255 g/mol. The molecule has 102 valence electrons. The molecule has 0 radical (unpaired) electrons. The summed E-state index contributed by atoms with van der Waals surface area (Å²) >= 11 is 0. The maximum Gasteiger partial charge on any atom is 0.225 e. The van der Waals surface area contributed by atoms with Crippen molar-refractivity contribution in [1.82, 2.24) is 15.5 Å². The predicted octanol–water partition coefficient (Wildman–Crippen LogP) is -0.898. The quantitative estimate of drug-likeness (QED) is 0.686. The van der Waals surface area contributed by atoms with Gasteiger partial charge >= 0.3 is 0 Å². The number of morpholine rings is 1. The van der Waals surface area contributed by atoms with E-state index >= 15 is 0 Å². The van der Waals surface area contributed by atoms with Crippen molar-refractivity contribution in [3.63, 3.8) is 0 Å². The first-order valence-corrected chi connectivity index (χ1v) is 6.52. The van der Waals surface area contributed by atoms with Crippen molar-refractivity contribution in [3.05, 3.63) is 0 Å². The summed E-state index contributed by atoms with van der Waals surface area (Å²) in [5, 5.41) is 6.07. The number of carbonyl (C=O) groups excluding carboxylic acids is 2. The molecule has 0 aliphatic carbocycles. The summed E-state index contributed by atoms with van der Waals surface area (Å²) in [5.74, 6) is 0.0886. The SMILES string of the molecule is CC(=O)NC1CCN(C(=O)CC2CNCCO2)C1. The molecule has 18 heavy (non-hydrogen) atoms. The standard InChI is InChI=1S/C12H21N3O3/c1-9(16)14-10-2-4-15(8-10)12(17)6-11-7-13-3-5-18-11/h10-11,13H,2-8H2,1H3,(H,14,16). The second-order valence-electron chi connectivity index (χ2n) is 4.93. The van der Waals surface area contributed by atoms with Gasteiger partial charge in [0.15, 0.2) is 0 Å². The molecule has 2 fully saturated rings. The third-order valence-electron chi connectivity index (χ3n) is 3.36. The van der Waals surface area contributed by atoms with Crippen LogP contribution in [0.1, 0.15) is 19.8 Å². The first-order valence-electron chi connectivity index (χ1n) is 6.52. The number of ether oxygens (including phenoxy) is 1. The Morgan fingerprint density at radius 1 is 1.50 bits per heavy atom. The van der Waals surface area contributed by atoms with Crippen molar-refractivity contribution in [2.45, 2.75) is 31.9 Å². The van der Waals surface area contributed by atoms with Crippen molar-refractivity contribution < 1.29 is 14.3 Å². The van der Waals surface area contributed by atoms with Crippen LogP contribution in [0.4, 0.5) is 0 Å². The lowest BCUT2D eigenvalue weighted by molar-refractivity contribution is -0.134. The lowest BCUT2D eigenvalue weighted by Gasteiger charge is -2.25. The van der Waals surface area contributed by atoms with Crippen LogP contribution in [0.15, 0.2) is 0 Å². The molecule has 2 saturated heterocycles. The fourth-order valence-electron chi connectivity index (χ4n) is 2.47. The van der Waals surface area contributed by atoms with E-state index in [1.807, 2.05) is 4.90 Å². The smallest absolute Gasteiger partial charge is 0.225 e. The van der Waals surface area contributed by atoms with Crippen molar-refractivity contribution in [3.8, 4) is 0 Å². The molecule has 0 aromatic heterocycles. The van der Waals surface area contributed by atoms with Gasteiger partial charge in [-0.2, -0.15) is 0 Å². The Hall–Kier alpha value is -1.14. The number of likely N-dealkylation sites (tertiary alicyclic amines) is 1. The molecule has 6 heteroatoms. The highest BCUT2D eigenvalue weighted by Crippen LogP contribution is 2.13. The molecule has 6 nitrogen and oxygen atoms in total. The normalized spacial score (nSPS) is 28.2. The summed E-state index contributed by atoms with van der Waals surface area (Å²) in [7, 11) is 0. The van der Waals surface area contributed by atoms with E-state index in [0.717, 1.165) is 26.1 Å². The van der Waals surface area contributed by atoms with Crippen LogP contribution in [0.25, 0.3) is 0 Å². The predicted molar refractivity (Wildman–Crippen MR) is 66.0 cm³/mol. The molecule has 2 heterocycles. The number of nitrogens with one attached hydrogen (secondary N) is 2. The van der Waals surface area contributed by atoms with E-state index in [4.69, 9.17) is 4.74 Å². The zero-order chi connectivity index (χ0) is 13.0. The van der Waals surface area contributed by atoms with Crippen LogP contribution in [0.5, 0.6) is 0 Å². The molecule has 2 N–H and O–H groups in total. The first kappa shape index (κ1) is 13.3. The molecule has 2 rings (SSSR count). The highest BCUT2D eigenvalue weighted by molar-refractivity contribution is 5.77. The highest BCUT2D eigenvalue weighted by Gasteiger charge is 2.28. The van der Waals surface area contributed by atoms with Gasteiger partial charge in [-0.25, -0.2) is 0 Å². The Morgan fingerprint density at radius 3 is 3.00 bits per heavy atom. The van der Waals surface area contributed by atoms with Gasteiger partial charge in [-0.05, 0) is 6.42 Å².